The van der Waals surface area contributed by atoms with E-state index in [1.807, 2.05) is 27.7 Å². The summed E-state index contributed by atoms with van der Waals surface area (Å²) >= 11 is 0. The zero-order valence-corrected chi connectivity index (χ0v) is 10.6. The van der Waals surface area contributed by atoms with Crippen LogP contribution in [0.5, 0.6) is 0 Å². The van der Waals surface area contributed by atoms with Gasteiger partial charge in [0.25, 0.3) is 0 Å². The molecule has 0 aromatic heterocycles. The van der Waals surface area contributed by atoms with E-state index in [1.54, 1.807) is 0 Å². The van der Waals surface area contributed by atoms with E-state index in [-0.39, 0.29) is 18.0 Å². The Kier molecular flexibility index (Phi) is 3.63. The molecule has 0 N–H and O–H groups in total. The molecule has 0 bridgehead atoms. The maximum atomic E-state index is 12.0. The molecule has 1 rings (SSSR count). The first-order valence-corrected chi connectivity index (χ1v) is 5.44. The molecular weight excluding hydrogens is 200 g/mol. The Morgan fingerprint density at radius 2 is 1.44 bits per heavy atom. The summed E-state index contributed by atoms with van der Waals surface area (Å²) in [4.78, 5) is 23.0. The van der Waals surface area contributed by atoms with E-state index in [4.69, 9.17) is 0 Å². The second-order valence-corrected chi connectivity index (χ2v) is 4.44. The van der Waals surface area contributed by atoms with Crippen molar-refractivity contribution in [2.45, 2.75) is 41.0 Å². The van der Waals surface area contributed by atoms with E-state index in [0.29, 0.717) is 0 Å². The third-order valence-electron chi connectivity index (χ3n) is 3.05. The summed E-state index contributed by atoms with van der Waals surface area (Å²) in [5, 5.41) is 0. The van der Waals surface area contributed by atoms with Crippen molar-refractivity contribution in [3.63, 3.8) is 0 Å². The van der Waals surface area contributed by atoms with Crippen LogP contribution < -0.4 is 0 Å². The number of hydrogen-bond acceptors (Lipinski definition) is 2. The molecular formula is C14H18O2. The van der Waals surface area contributed by atoms with Crippen LogP contribution in [0, 0.1) is 27.7 Å². The van der Waals surface area contributed by atoms with Gasteiger partial charge in [-0.2, -0.15) is 0 Å². The SMILES string of the molecule is CC(=O)CC(=O)c1c(C)c(C)cc(C)c1C. The number of benzene rings is 1. The van der Waals surface area contributed by atoms with Crippen LogP contribution in [0.3, 0.4) is 0 Å². The van der Waals surface area contributed by atoms with Gasteiger partial charge in [0.05, 0.1) is 6.42 Å². The van der Waals surface area contributed by atoms with Crippen LogP contribution in [0.15, 0.2) is 6.07 Å². The number of carbonyl (C=O) groups is 2. The standard InChI is InChI=1S/C14H18O2/c1-8-6-9(2)12(5)14(11(8)4)13(16)7-10(3)15/h6H,7H2,1-5H3. The molecule has 0 unspecified atom stereocenters. The van der Waals surface area contributed by atoms with Gasteiger partial charge in [0.1, 0.15) is 5.78 Å². The summed E-state index contributed by atoms with van der Waals surface area (Å²) in [7, 11) is 0. The fourth-order valence-corrected chi connectivity index (χ4v) is 1.95. The van der Waals surface area contributed by atoms with Crippen molar-refractivity contribution in [3.8, 4) is 0 Å². The molecule has 1 aromatic rings. The van der Waals surface area contributed by atoms with Crippen LogP contribution >= 0.6 is 0 Å². The van der Waals surface area contributed by atoms with Crippen molar-refractivity contribution in [2.75, 3.05) is 0 Å². The van der Waals surface area contributed by atoms with Crippen molar-refractivity contribution in [1.82, 2.24) is 0 Å². The average Bonchev–Trinajstić information content (AvgIpc) is 2.14. The predicted molar refractivity (Wildman–Crippen MR) is 65.0 cm³/mol. The van der Waals surface area contributed by atoms with Gasteiger partial charge in [0, 0.05) is 5.56 Å². The van der Waals surface area contributed by atoms with Gasteiger partial charge >= 0.3 is 0 Å². The van der Waals surface area contributed by atoms with Gasteiger partial charge < -0.3 is 0 Å². The Labute approximate surface area is 96.7 Å². The lowest BCUT2D eigenvalue weighted by molar-refractivity contribution is -0.116. The van der Waals surface area contributed by atoms with Crippen molar-refractivity contribution >= 4 is 11.6 Å². The summed E-state index contributed by atoms with van der Waals surface area (Å²) < 4.78 is 0. The summed E-state index contributed by atoms with van der Waals surface area (Å²) in [6, 6.07) is 2.08. The highest BCUT2D eigenvalue weighted by Gasteiger charge is 2.16. The minimum absolute atomic E-state index is 0.00454. The van der Waals surface area contributed by atoms with Gasteiger partial charge in [-0.1, -0.05) is 6.07 Å². The molecule has 0 aliphatic carbocycles. The molecule has 2 heteroatoms. The fourth-order valence-electron chi connectivity index (χ4n) is 1.95. The Balaban J connectivity index is 3.32. The van der Waals surface area contributed by atoms with E-state index in [2.05, 4.69) is 6.07 Å². The van der Waals surface area contributed by atoms with Crippen LogP contribution in [-0.2, 0) is 4.79 Å². The van der Waals surface area contributed by atoms with Crippen molar-refractivity contribution in [3.05, 3.63) is 33.9 Å². The van der Waals surface area contributed by atoms with Crippen LogP contribution in [0.25, 0.3) is 0 Å². The molecule has 16 heavy (non-hydrogen) atoms. The van der Waals surface area contributed by atoms with Gasteiger partial charge in [0.2, 0.25) is 0 Å². The van der Waals surface area contributed by atoms with Crippen molar-refractivity contribution < 1.29 is 9.59 Å². The topological polar surface area (TPSA) is 34.1 Å². The van der Waals surface area contributed by atoms with Crippen LogP contribution in [-0.4, -0.2) is 11.6 Å². The second kappa shape index (κ2) is 4.60. The lowest BCUT2D eigenvalue weighted by Gasteiger charge is -2.13. The molecule has 0 fully saturated rings. The largest absolute Gasteiger partial charge is 0.300 e. The third-order valence-corrected chi connectivity index (χ3v) is 3.05. The van der Waals surface area contributed by atoms with Crippen LogP contribution in [0.4, 0.5) is 0 Å². The molecule has 86 valence electrons. The zero-order valence-electron chi connectivity index (χ0n) is 10.6. The van der Waals surface area contributed by atoms with Gasteiger partial charge in [-0.3, -0.25) is 9.59 Å². The lowest BCUT2D eigenvalue weighted by atomic mass is 9.90. The summed E-state index contributed by atoms with van der Waals surface area (Å²) in [6.45, 7) is 9.31. The van der Waals surface area contributed by atoms with Crippen LogP contribution in [0.1, 0.15) is 46.0 Å². The number of aryl methyl sites for hydroxylation is 2. The van der Waals surface area contributed by atoms with E-state index < -0.39 is 0 Å². The van der Waals surface area contributed by atoms with Gasteiger partial charge in [-0.05, 0) is 56.9 Å². The van der Waals surface area contributed by atoms with E-state index in [0.717, 1.165) is 27.8 Å². The van der Waals surface area contributed by atoms with E-state index >= 15 is 0 Å². The first kappa shape index (κ1) is 12.6. The minimum atomic E-state index is -0.0806. The normalized spacial score (nSPS) is 10.3. The summed E-state index contributed by atoms with van der Waals surface area (Å²) in [5.74, 6) is -0.141. The number of ketones is 2. The number of hydrogen-bond donors (Lipinski definition) is 0. The molecule has 0 atom stereocenters. The van der Waals surface area contributed by atoms with E-state index in [1.165, 1.54) is 6.92 Å². The molecule has 0 aliphatic rings. The molecule has 0 radical (unpaired) electrons. The highest BCUT2D eigenvalue weighted by molar-refractivity contribution is 6.09. The molecule has 2 nitrogen and oxygen atoms in total. The highest BCUT2D eigenvalue weighted by Crippen LogP contribution is 2.22. The maximum absolute atomic E-state index is 12.0. The second-order valence-electron chi connectivity index (χ2n) is 4.44. The van der Waals surface area contributed by atoms with Gasteiger partial charge in [-0.15, -0.1) is 0 Å². The Hall–Kier alpha value is -1.44. The molecule has 1 aromatic carbocycles. The maximum Gasteiger partial charge on any atom is 0.170 e. The predicted octanol–water partition coefficient (Wildman–Crippen LogP) is 3.08. The smallest absolute Gasteiger partial charge is 0.170 e. The number of Topliss-reactive ketones (excluding diaryl/α,β-unsaturated/α-hetero) is 2. The summed E-state index contributed by atoms with van der Waals surface area (Å²) in [6.07, 6.45) is 0.00454. The number of rotatable bonds is 3. The molecule has 0 saturated heterocycles. The first-order valence-electron chi connectivity index (χ1n) is 5.44. The molecule has 0 aliphatic heterocycles. The quantitative estimate of drug-likeness (QED) is 0.577. The Morgan fingerprint density at radius 1 is 1.00 bits per heavy atom. The Morgan fingerprint density at radius 3 is 1.81 bits per heavy atom. The Bertz CT molecular complexity index is 430. The van der Waals surface area contributed by atoms with E-state index in [9.17, 15) is 9.59 Å². The highest BCUT2D eigenvalue weighted by atomic mass is 16.1. The van der Waals surface area contributed by atoms with Gasteiger partial charge in [-0.25, -0.2) is 0 Å². The monoisotopic (exact) mass is 218 g/mol. The van der Waals surface area contributed by atoms with Gasteiger partial charge in [0.15, 0.2) is 5.78 Å². The van der Waals surface area contributed by atoms with Crippen molar-refractivity contribution in [1.29, 1.82) is 0 Å². The number of carbonyl (C=O) groups excluding carboxylic acids is 2. The third kappa shape index (κ3) is 2.38. The molecule has 0 amide bonds. The lowest BCUT2D eigenvalue weighted by Crippen LogP contribution is -2.10. The van der Waals surface area contributed by atoms with Crippen molar-refractivity contribution in [2.24, 2.45) is 0 Å². The first-order chi connectivity index (χ1) is 7.34. The van der Waals surface area contributed by atoms with Crippen LogP contribution in [0.2, 0.25) is 0 Å². The fraction of sp³-hybridized carbons (Fsp3) is 0.429. The zero-order chi connectivity index (χ0) is 12.5. The molecule has 0 saturated carbocycles. The minimum Gasteiger partial charge on any atom is -0.300 e. The molecule has 0 spiro atoms. The molecule has 0 heterocycles. The summed E-state index contributed by atoms with van der Waals surface area (Å²) in [5.41, 5.74) is 4.93. The average molecular weight is 218 g/mol.